The molecule has 1 aromatic heterocycles. The normalized spacial score (nSPS) is 12.8. The number of nitrogens with zero attached hydrogens (tertiary/aromatic N) is 2. The van der Waals surface area contributed by atoms with Gasteiger partial charge < -0.3 is 14.8 Å². The lowest BCUT2D eigenvalue weighted by molar-refractivity contribution is 0.0697. The van der Waals surface area contributed by atoms with E-state index < -0.39 is 12.1 Å². The monoisotopic (exact) mass is 268 g/mol. The molecular formula is C12H13ClN2O3. The summed E-state index contributed by atoms with van der Waals surface area (Å²) in [6.45, 7) is 1.99. The van der Waals surface area contributed by atoms with Gasteiger partial charge in [-0.15, -0.1) is 11.6 Å². The highest BCUT2D eigenvalue weighted by Crippen LogP contribution is 2.20. The SMILES string of the molecule is C[C@H](O)Cn1c(CCl)nc2ccc(C(=O)O)cc21. The second-order valence-corrected chi connectivity index (χ2v) is 4.40. The molecule has 6 heteroatoms. The average molecular weight is 269 g/mol. The van der Waals surface area contributed by atoms with Gasteiger partial charge in [0, 0.05) is 0 Å². The van der Waals surface area contributed by atoms with Crippen LogP contribution in [0.15, 0.2) is 18.2 Å². The lowest BCUT2D eigenvalue weighted by Crippen LogP contribution is -2.13. The minimum atomic E-state index is -0.992. The summed E-state index contributed by atoms with van der Waals surface area (Å²) in [6, 6.07) is 4.69. The van der Waals surface area contributed by atoms with Gasteiger partial charge in [-0.2, -0.15) is 0 Å². The fraction of sp³-hybridized carbons (Fsp3) is 0.333. The molecule has 18 heavy (non-hydrogen) atoms. The summed E-state index contributed by atoms with van der Waals surface area (Å²) in [6.07, 6.45) is -0.558. The molecule has 96 valence electrons. The van der Waals surface area contributed by atoms with Crippen LogP contribution in [0.25, 0.3) is 11.0 Å². The zero-order valence-electron chi connectivity index (χ0n) is 9.80. The first-order chi connectivity index (χ1) is 8.52. The minimum Gasteiger partial charge on any atom is -0.478 e. The van der Waals surface area contributed by atoms with Crippen LogP contribution in [-0.2, 0) is 12.4 Å². The second-order valence-electron chi connectivity index (χ2n) is 4.13. The molecule has 0 fully saturated rings. The molecule has 0 aliphatic heterocycles. The van der Waals surface area contributed by atoms with Gasteiger partial charge in [-0.25, -0.2) is 9.78 Å². The van der Waals surface area contributed by atoms with Crippen molar-refractivity contribution in [3.63, 3.8) is 0 Å². The Labute approximate surface area is 109 Å². The highest BCUT2D eigenvalue weighted by molar-refractivity contribution is 6.16. The first-order valence-electron chi connectivity index (χ1n) is 5.49. The molecule has 0 aliphatic rings. The van der Waals surface area contributed by atoms with Crippen LogP contribution in [0.5, 0.6) is 0 Å². The number of aromatic nitrogens is 2. The number of hydrogen-bond donors (Lipinski definition) is 2. The highest BCUT2D eigenvalue weighted by Gasteiger charge is 2.13. The maximum absolute atomic E-state index is 10.9. The molecule has 0 amide bonds. The fourth-order valence-electron chi connectivity index (χ4n) is 1.88. The summed E-state index contributed by atoms with van der Waals surface area (Å²) >= 11 is 5.81. The summed E-state index contributed by atoms with van der Waals surface area (Å²) in [4.78, 5) is 15.3. The standard InChI is InChI=1S/C12H13ClN2O3/c1-7(16)6-15-10-4-8(12(17)18)2-3-9(10)14-11(15)5-13/h2-4,7,16H,5-6H2,1H3,(H,17,18)/t7-/m0/s1. The molecule has 1 heterocycles. The van der Waals surface area contributed by atoms with Gasteiger partial charge in [0.25, 0.3) is 0 Å². The van der Waals surface area contributed by atoms with E-state index >= 15 is 0 Å². The van der Waals surface area contributed by atoms with Crippen molar-refractivity contribution in [2.45, 2.75) is 25.5 Å². The molecular weight excluding hydrogens is 256 g/mol. The second kappa shape index (κ2) is 4.96. The Kier molecular flexibility index (Phi) is 3.54. The third-order valence-electron chi connectivity index (χ3n) is 2.64. The first kappa shape index (κ1) is 12.9. The number of aromatic carboxylic acids is 1. The number of alkyl halides is 1. The molecule has 1 aromatic carbocycles. The van der Waals surface area contributed by atoms with Gasteiger partial charge in [0.1, 0.15) is 5.82 Å². The molecule has 0 bridgehead atoms. The molecule has 0 radical (unpaired) electrons. The van der Waals surface area contributed by atoms with Gasteiger partial charge in [0.05, 0.1) is 35.1 Å². The Balaban J connectivity index is 2.62. The van der Waals surface area contributed by atoms with Crippen molar-refractivity contribution in [2.75, 3.05) is 0 Å². The number of aliphatic hydroxyl groups is 1. The number of benzene rings is 1. The van der Waals surface area contributed by atoms with Crippen LogP contribution < -0.4 is 0 Å². The lowest BCUT2D eigenvalue weighted by Gasteiger charge is -2.09. The van der Waals surface area contributed by atoms with Gasteiger partial charge in [-0.1, -0.05) is 0 Å². The van der Waals surface area contributed by atoms with Crippen LogP contribution in [0.3, 0.4) is 0 Å². The summed E-state index contributed by atoms with van der Waals surface area (Å²) in [5, 5.41) is 18.5. The van der Waals surface area contributed by atoms with E-state index in [-0.39, 0.29) is 11.4 Å². The molecule has 2 N–H and O–H groups in total. The van der Waals surface area contributed by atoms with Crippen molar-refractivity contribution in [2.24, 2.45) is 0 Å². The van der Waals surface area contributed by atoms with E-state index in [1.807, 2.05) is 0 Å². The van der Waals surface area contributed by atoms with Crippen LogP contribution in [-0.4, -0.2) is 31.8 Å². The Morgan fingerprint density at radius 1 is 1.56 bits per heavy atom. The smallest absolute Gasteiger partial charge is 0.335 e. The van der Waals surface area contributed by atoms with Crippen molar-refractivity contribution < 1.29 is 15.0 Å². The number of carboxylic acid groups (broad SMARTS) is 1. The van der Waals surface area contributed by atoms with Crippen LogP contribution in [0.2, 0.25) is 0 Å². The van der Waals surface area contributed by atoms with Gasteiger partial charge >= 0.3 is 5.97 Å². The van der Waals surface area contributed by atoms with Crippen molar-refractivity contribution >= 4 is 28.6 Å². The van der Waals surface area contributed by atoms with Crippen molar-refractivity contribution in [3.05, 3.63) is 29.6 Å². The minimum absolute atomic E-state index is 0.190. The molecule has 1 atom stereocenters. The number of carboxylic acids is 1. The zero-order chi connectivity index (χ0) is 13.3. The first-order valence-corrected chi connectivity index (χ1v) is 6.03. The van der Waals surface area contributed by atoms with Gasteiger partial charge in [0.15, 0.2) is 0 Å². The van der Waals surface area contributed by atoms with E-state index in [4.69, 9.17) is 16.7 Å². The Morgan fingerprint density at radius 3 is 2.83 bits per heavy atom. The van der Waals surface area contributed by atoms with Crippen LogP contribution in [0.1, 0.15) is 23.1 Å². The maximum atomic E-state index is 10.9. The third-order valence-corrected chi connectivity index (χ3v) is 2.88. The van der Waals surface area contributed by atoms with Crippen molar-refractivity contribution in [1.82, 2.24) is 9.55 Å². The number of hydrogen-bond acceptors (Lipinski definition) is 3. The van der Waals surface area contributed by atoms with Crippen LogP contribution in [0.4, 0.5) is 0 Å². The molecule has 0 saturated carbocycles. The van der Waals surface area contributed by atoms with Gasteiger partial charge in [0.2, 0.25) is 0 Å². The number of imidazole rings is 1. The quantitative estimate of drug-likeness (QED) is 0.830. The molecule has 0 spiro atoms. The number of halogens is 1. The summed E-state index contributed by atoms with van der Waals surface area (Å²) in [5.41, 5.74) is 1.54. The van der Waals surface area contributed by atoms with Crippen molar-refractivity contribution in [1.29, 1.82) is 0 Å². The molecule has 5 nitrogen and oxygen atoms in total. The van der Waals surface area contributed by atoms with Crippen molar-refractivity contribution in [3.8, 4) is 0 Å². The van der Waals surface area contributed by atoms with E-state index in [0.717, 1.165) is 0 Å². The Hall–Kier alpha value is -1.59. The number of rotatable bonds is 4. The van der Waals surface area contributed by atoms with E-state index in [2.05, 4.69) is 4.98 Å². The van der Waals surface area contributed by atoms with E-state index in [9.17, 15) is 9.90 Å². The highest BCUT2D eigenvalue weighted by atomic mass is 35.5. The number of carbonyl (C=O) groups is 1. The summed E-state index contributed by atoms with van der Waals surface area (Å²) in [7, 11) is 0. The third kappa shape index (κ3) is 2.32. The zero-order valence-corrected chi connectivity index (χ0v) is 10.6. The molecule has 2 aromatic rings. The maximum Gasteiger partial charge on any atom is 0.335 e. The fourth-order valence-corrected chi connectivity index (χ4v) is 2.08. The largest absolute Gasteiger partial charge is 0.478 e. The molecule has 2 rings (SSSR count). The molecule has 0 unspecified atom stereocenters. The Morgan fingerprint density at radius 2 is 2.28 bits per heavy atom. The van der Waals surface area contributed by atoms with Crippen LogP contribution >= 0.6 is 11.6 Å². The molecule has 0 aliphatic carbocycles. The van der Waals surface area contributed by atoms with Crippen LogP contribution in [0, 0.1) is 0 Å². The van der Waals surface area contributed by atoms with E-state index in [0.29, 0.717) is 23.4 Å². The number of aliphatic hydroxyl groups excluding tert-OH is 1. The predicted octanol–water partition coefficient (Wildman–Crippen LogP) is 1.85. The summed E-state index contributed by atoms with van der Waals surface area (Å²) < 4.78 is 1.75. The van der Waals surface area contributed by atoms with E-state index in [1.165, 1.54) is 6.07 Å². The van der Waals surface area contributed by atoms with E-state index in [1.54, 1.807) is 23.6 Å². The lowest BCUT2D eigenvalue weighted by atomic mass is 10.2. The Bertz CT molecular complexity index is 592. The number of fused-ring (bicyclic) bond motifs is 1. The topological polar surface area (TPSA) is 75.3 Å². The predicted molar refractivity (Wildman–Crippen MR) is 67.9 cm³/mol. The average Bonchev–Trinajstić information content (AvgIpc) is 2.66. The van der Waals surface area contributed by atoms with Gasteiger partial charge in [-0.05, 0) is 25.1 Å². The van der Waals surface area contributed by atoms with Gasteiger partial charge in [-0.3, -0.25) is 0 Å². The summed E-state index contributed by atoms with van der Waals surface area (Å²) in [5.74, 6) is -0.159. The molecule has 0 saturated heterocycles.